The predicted octanol–water partition coefficient (Wildman–Crippen LogP) is 3.65. The van der Waals surface area contributed by atoms with Crippen molar-refractivity contribution in [2.24, 2.45) is 0 Å². The largest absolute Gasteiger partial charge is 0.393 e. The lowest BCUT2D eigenvalue weighted by Crippen LogP contribution is -2.47. The van der Waals surface area contributed by atoms with Crippen LogP contribution in [0.3, 0.4) is 0 Å². The number of nitrogens with two attached hydrogens (primary N) is 1. The lowest BCUT2D eigenvalue weighted by atomic mass is 10.2. The molecule has 0 atom stereocenters. The fourth-order valence-electron chi connectivity index (χ4n) is 3.41. The van der Waals surface area contributed by atoms with E-state index in [1.165, 1.54) is 5.56 Å². The molecule has 7 heteroatoms. The number of anilines is 4. The topological polar surface area (TPSA) is 70.3 Å². The van der Waals surface area contributed by atoms with Crippen LogP contribution in [0.5, 0.6) is 0 Å². The highest BCUT2D eigenvalue weighted by molar-refractivity contribution is 6.30. The van der Waals surface area contributed by atoms with Crippen LogP contribution in [-0.4, -0.2) is 36.1 Å². The molecular formula is C21H23ClN6. The van der Waals surface area contributed by atoms with Crippen LogP contribution in [0.1, 0.15) is 5.56 Å². The Kier molecular flexibility index (Phi) is 5.48. The van der Waals surface area contributed by atoms with E-state index < -0.39 is 0 Å². The van der Waals surface area contributed by atoms with Gasteiger partial charge in [-0.1, -0.05) is 48.0 Å². The molecule has 1 saturated heterocycles. The van der Waals surface area contributed by atoms with E-state index in [4.69, 9.17) is 17.3 Å². The molecule has 1 aliphatic heterocycles. The minimum Gasteiger partial charge on any atom is -0.393 e. The van der Waals surface area contributed by atoms with Crippen LogP contribution in [0.25, 0.3) is 0 Å². The average molecular weight is 395 g/mol. The van der Waals surface area contributed by atoms with Gasteiger partial charge in [0, 0.05) is 43.4 Å². The van der Waals surface area contributed by atoms with E-state index >= 15 is 0 Å². The first-order valence-corrected chi connectivity index (χ1v) is 9.72. The molecule has 144 valence electrons. The van der Waals surface area contributed by atoms with E-state index in [-0.39, 0.29) is 0 Å². The minimum absolute atomic E-state index is 0.592. The molecule has 0 bridgehead atoms. The summed E-state index contributed by atoms with van der Waals surface area (Å²) in [5.41, 5.74) is 9.30. The lowest BCUT2D eigenvalue weighted by molar-refractivity contribution is 0.647. The third-order valence-corrected chi connectivity index (χ3v) is 5.15. The maximum atomic E-state index is 6.38. The molecule has 0 amide bonds. The minimum atomic E-state index is 0.592. The first kappa shape index (κ1) is 18.4. The number of nitrogens with one attached hydrogen (secondary N) is 1. The molecule has 3 N–H and O–H groups in total. The molecular weight excluding hydrogens is 372 g/mol. The average Bonchev–Trinajstić information content (AvgIpc) is 2.74. The van der Waals surface area contributed by atoms with Gasteiger partial charge >= 0.3 is 0 Å². The zero-order chi connectivity index (χ0) is 19.3. The molecule has 2 aromatic carbocycles. The Morgan fingerprint density at radius 1 is 0.929 bits per heavy atom. The van der Waals surface area contributed by atoms with Crippen LogP contribution in [-0.2, 0) is 6.54 Å². The zero-order valence-corrected chi connectivity index (χ0v) is 16.3. The van der Waals surface area contributed by atoms with Crippen molar-refractivity contribution < 1.29 is 0 Å². The maximum absolute atomic E-state index is 6.38. The van der Waals surface area contributed by atoms with Gasteiger partial charge in [-0.05, 0) is 23.8 Å². The number of nitrogens with zero attached hydrogens (tertiary/aromatic N) is 4. The molecule has 1 fully saturated rings. The predicted molar refractivity (Wildman–Crippen MR) is 116 cm³/mol. The SMILES string of the molecule is Nc1c(NCc2ccccc2)ncnc1N1CCN(c2cccc(Cl)c2)CC1. The van der Waals surface area contributed by atoms with Crippen LogP contribution >= 0.6 is 11.6 Å². The van der Waals surface area contributed by atoms with E-state index in [2.05, 4.69) is 43.3 Å². The molecule has 28 heavy (non-hydrogen) atoms. The third kappa shape index (κ3) is 4.12. The Hall–Kier alpha value is -2.99. The van der Waals surface area contributed by atoms with Gasteiger partial charge in [0.05, 0.1) is 0 Å². The summed E-state index contributed by atoms with van der Waals surface area (Å²) in [6.45, 7) is 4.12. The summed E-state index contributed by atoms with van der Waals surface area (Å²) in [5.74, 6) is 1.46. The van der Waals surface area contributed by atoms with Gasteiger partial charge < -0.3 is 20.9 Å². The first-order valence-electron chi connectivity index (χ1n) is 9.34. The smallest absolute Gasteiger partial charge is 0.157 e. The van der Waals surface area contributed by atoms with Gasteiger partial charge in [-0.25, -0.2) is 9.97 Å². The molecule has 0 unspecified atom stereocenters. The molecule has 4 rings (SSSR count). The van der Waals surface area contributed by atoms with Crippen molar-refractivity contribution in [3.05, 3.63) is 71.5 Å². The van der Waals surface area contributed by atoms with Crippen LogP contribution in [0.4, 0.5) is 23.0 Å². The molecule has 1 aromatic heterocycles. The summed E-state index contributed by atoms with van der Waals surface area (Å²) >= 11 is 6.12. The highest BCUT2D eigenvalue weighted by Crippen LogP contribution is 2.28. The fraction of sp³-hybridized carbons (Fsp3) is 0.238. The summed E-state index contributed by atoms with van der Waals surface area (Å²) in [7, 11) is 0. The Balaban J connectivity index is 1.42. The standard InChI is InChI=1S/C21H23ClN6/c22-17-7-4-8-18(13-17)27-9-11-28(12-10-27)21-19(23)20(25-15-26-21)24-14-16-5-2-1-3-6-16/h1-8,13,15H,9-12,14,23H2,(H,24,25,26). The third-order valence-electron chi connectivity index (χ3n) is 4.92. The van der Waals surface area contributed by atoms with Crippen molar-refractivity contribution in [1.82, 2.24) is 9.97 Å². The summed E-state index contributed by atoms with van der Waals surface area (Å²) < 4.78 is 0. The monoisotopic (exact) mass is 394 g/mol. The lowest BCUT2D eigenvalue weighted by Gasteiger charge is -2.37. The Morgan fingerprint density at radius 2 is 1.68 bits per heavy atom. The normalized spacial score (nSPS) is 14.2. The van der Waals surface area contributed by atoms with E-state index in [1.54, 1.807) is 6.33 Å². The van der Waals surface area contributed by atoms with Crippen molar-refractivity contribution >= 4 is 34.6 Å². The molecule has 0 spiro atoms. The molecule has 1 aliphatic rings. The molecule has 0 aliphatic carbocycles. The van der Waals surface area contributed by atoms with Gasteiger partial charge in [0.2, 0.25) is 0 Å². The molecule has 0 saturated carbocycles. The Bertz CT molecular complexity index is 925. The van der Waals surface area contributed by atoms with Gasteiger partial charge in [0.1, 0.15) is 12.0 Å². The van der Waals surface area contributed by atoms with Crippen molar-refractivity contribution in [1.29, 1.82) is 0 Å². The quantitative estimate of drug-likeness (QED) is 0.688. The molecule has 3 aromatic rings. The van der Waals surface area contributed by atoms with Crippen molar-refractivity contribution in [3.63, 3.8) is 0 Å². The summed E-state index contributed by atoms with van der Waals surface area (Å²) in [5, 5.41) is 4.08. The van der Waals surface area contributed by atoms with Crippen molar-refractivity contribution in [3.8, 4) is 0 Å². The number of hydrogen-bond donors (Lipinski definition) is 2. The summed E-state index contributed by atoms with van der Waals surface area (Å²) in [6, 6.07) is 18.2. The maximum Gasteiger partial charge on any atom is 0.157 e. The number of aromatic nitrogens is 2. The van der Waals surface area contributed by atoms with E-state index in [0.29, 0.717) is 18.1 Å². The number of nitrogen functional groups attached to an aromatic ring is 1. The Labute approximate surface area is 170 Å². The van der Waals surface area contributed by atoms with E-state index in [0.717, 1.165) is 42.7 Å². The van der Waals surface area contributed by atoms with Gasteiger partial charge in [-0.15, -0.1) is 0 Å². The second-order valence-electron chi connectivity index (χ2n) is 6.75. The van der Waals surface area contributed by atoms with Gasteiger partial charge in [0.15, 0.2) is 11.6 Å². The second kappa shape index (κ2) is 8.35. The van der Waals surface area contributed by atoms with Gasteiger partial charge in [-0.2, -0.15) is 0 Å². The molecule has 0 radical (unpaired) electrons. The highest BCUT2D eigenvalue weighted by Gasteiger charge is 2.21. The highest BCUT2D eigenvalue weighted by atomic mass is 35.5. The Morgan fingerprint density at radius 3 is 2.43 bits per heavy atom. The number of hydrogen-bond acceptors (Lipinski definition) is 6. The summed E-state index contributed by atoms with van der Waals surface area (Å²) in [4.78, 5) is 13.3. The first-order chi connectivity index (χ1) is 13.7. The zero-order valence-electron chi connectivity index (χ0n) is 15.6. The van der Waals surface area contributed by atoms with E-state index in [9.17, 15) is 0 Å². The number of halogens is 1. The molecule has 2 heterocycles. The van der Waals surface area contributed by atoms with E-state index in [1.807, 2.05) is 36.4 Å². The fourth-order valence-corrected chi connectivity index (χ4v) is 3.59. The van der Waals surface area contributed by atoms with Gasteiger partial charge in [0.25, 0.3) is 0 Å². The van der Waals surface area contributed by atoms with Crippen LogP contribution in [0, 0.1) is 0 Å². The van der Waals surface area contributed by atoms with Crippen molar-refractivity contribution in [2.75, 3.05) is 47.0 Å². The van der Waals surface area contributed by atoms with Crippen LogP contribution in [0.15, 0.2) is 60.9 Å². The van der Waals surface area contributed by atoms with Gasteiger partial charge in [-0.3, -0.25) is 0 Å². The number of benzene rings is 2. The van der Waals surface area contributed by atoms with Crippen LogP contribution < -0.4 is 20.9 Å². The second-order valence-corrected chi connectivity index (χ2v) is 7.19. The molecule has 6 nitrogen and oxygen atoms in total. The summed E-state index contributed by atoms with van der Waals surface area (Å²) in [6.07, 6.45) is 1.57. The van der Waals surface area contributed by atoms with Crippen molar-refractivity contribution in [2.45, 2.75) is 6.54 Å². The number of rotatable bonds is 5. The number of piperazine rings is 1. The van der Waals surface area contributed by atoms with Crippen LogP contribution in [0.2, 0.25) is 5.02 Å².